The highest BCUT2D eigenvalue weighted by atomic mass is 16.5. The molecule has 1 N–H and O–H groups in total. The minimum atomic E-state index is -0.864. The van der Waals surface area contributed by atoms with Crippen molar-refractivity contribution in [3.05, 3.63) is 60.2 Å². The van der Waals surface area contributed by atoms with Gasteiger partial charge in [-0.2, -0.15) is 0 Å². The summed E-state index contributed by atoms with van der Waals surface area (Å²) >= 11 is 0. The molecule has 2 aromatic rings. The van der Waals surface area contributed by atoms with Crippen LogP contribution in [0.15, 0.2) is 54.6 Å². The molecule has 0 saturated heterocycles. The van der Waals surface area contributed by atoms with Crippen LogP contribution in [0.25, 0.3) is 0 Å². The van der Waals surface area contributed by atoms with E-state index in [1.165, 1.54) is 0 Å². The first kappa shape index (κ1) is 16.2. The molecule has 3 rings (SSSR count). The molecule has 0 aromatic heterocycles. The van der Waals surface area contributed by atoms with Crippen molar-refractivity contribution in [1.82, 2.24) is 0 Å². The van der Waals surface area contributed by atoms with E-state index < -0.39 is 17.8 Å². The zero-order valence-electron chi connectivity index (χ0n) is 13.4. The number of carboxylic acids is 1. The van der Waals surface area contributed by atoms with Crippen LogP contribution in [-0.2, 0) is 4.79 Å². The Balaban J connectivity index is 1.72. The molecule has 124 valence electrons. The third-order valence-corrected chi connectivity index (χ3v) is 4.54. The molecule has 1 fully saturated rings. The van der Waals surface area contributed by atoms with Gasteiger partial charge in [0, 0.05) is 11.5 Å². The van der Waals surface area contributed by atoms with Gasteiger partial charge in [-0.25, -0.2) is 0 Å². The third-order valence-electron chi connectivity index (χ3n) is 4.54. The van der Waals surface area contributed by atoms with Gasteiger partial charge in [-0.3, -0.25) is 9.59 Å². The van der Waals surface area contributed by atoms with Crippen LogP contribution >= 0.6 is 0 Å². The van der Waals surface area contributed by atoms with E-state index in [1.54, 1.807) is 24.3 Å². The summed E-state index contributed by atoms with van der Waals surface area (Å²) in [6.07, 6.45) is 3.03. The summed E-state index contributed by atoms with van der Waals surface area (Å²) < 4.78 is 5.71. The highest BCUT2D eigenvalue weighted by Gasteiger charge is 2.35. The first-order chi connectivity index (χ1) is 11.6. The Labute approximate surface area is 141 Å². The molecule has 24 heavy (non-hydrogen) atoms. The Morgan fingerprint density at radius 3 is 2.04 bits per heavy atom. The maximum absolute atomic E-state index is 12.7. The minimum absolute atomic E-state index is 0.0756. The van der Waals surface area contributed by atoms with Crippen LogP contribution in [0.2, 0.25) is 0 Å². The smallest absolute Gasteiger partial charge is 0.307 e. The first-order valence-electron chi connectivity index (χ1n) is 8.25. The lowest BCUT2D eigenvalue weighted by Crippen LogP contribution is -2.32. The summed E-state index contributed by atoms with van der Waals surface area (Å²) in [6, 6.07) is 16.3. The Morgan fingerprint density at radius 1 is 0.833 bits per heavy atom. The zero-order valence-corrected chi connectivity index (χ0v) is 13.4. The quantitative estimate of drug-likeness (QED) is 0.819. The molecule has 1 aliphatic rings. The van der Waals surface area contributed by atoms with Crippen LogP contribution in [0.1, 0.15) is 36.0 Å². The fourth-order valence-electron chi connectivity index (χ4n) is 3.27. The molecule has 2 aromatic carbocycles. The molecule has 0 spiro atoms. The predicted octanol–water partition coefficient (Wildman–Crippen LogP) is 4.55. The molecule has 0 bridgehead atoms. The molecule has 0 aliphatic heterocycles. The molecule has 2 atom stereocenters. The highest BCUT2D eigenvalue weighted by molar-refractivity contribution is 6.00. The van der Waals surface area contributed by atoms with Crippen LogP contribution in [-0.4, -0.2) is 16.9 Å². The van der Waals surface area contributed by atoms with Crippen LogP contribution < -0.4 is 4.74 Å². The standard InChI is InChI=1S/C20H20O4/c21-19(17-8-4-5-9-18(17)20(22)23)14-10-12-16(13-11-14)24-15-6-2-1-3-7-15/h1-3,6-7,10-13,17-18H,4-5,8-9H2,(H,22,23). The number of ketones is 1. The predicted molar refractivity (Wildman–Crippen MR) is 90.4 cm³/mol. The van der Waals surface area contributed by atoms with Gasteiger partial charge < -0.3 is 9.84 Å². The van der Waals surface area contributed by atoms with Crippen molar-refractivity contribution in [3.8, 4) is 11.5 Å². The highest BCUT2D eigenvalue weighted by Crippen LogP contribution is 2.33. The third kappa shape index (κ3) is 3.65. The average molecular weight is 324 g/mol. The second kappa shape index (κ2) is 7.30. The molecule has 1 aliphatic carbocycles. The van der Waals surface area contributed by atoms with E-state index in [-0.39, 0.29) is 5.78 Å². The summed E-state index contributed by atoms with van der Waals surface area (Å²) in [5.41, 5.74) is 0.550. The second-order valence-electron chi connectivity index (χ2n) is 6.14. The van der Waals surface area contributed by atoms with E-state index in [2.05, 4.69) is 0 Å². The van der Waals surface area contributed by atoms with Crippen LogP contribution in [0, 0.1) is 11.8 Å². The van der Waals surface area contributed by atoms with Crippen molar-refractivity contribution < 1.29 is 19.4 Å². The van der Waals surface area contributed by atoms with Gasteiger partial charge in [0.05, 0.1) is 5.92 Å². The summed E-state index contributed by atoms with van der Waals surface area (Å²) in [7, 11) is 0. The van der Waals surface area contributed by atoms with Gasteiger partial charge >= 0.3 is 5.97 Å². The molecule has 4 nitrogen and oxygen atoms in total. The molecular weight excluding hydrogens is 304 g/mol. The van der Waals surface area contributed by atoms with E-state index in [4.69, 9.17) is 4.74 Å². The summed E-state index contributed by atoms with van der Waals surface area (Å²) in [5, 5.41) is 9.34. The number of carbonyl (C=O) groups excluding carboxylic acids is 1. The Kier molecular flexibility index (Phi) is 4.94. The van der Waals surface area contributed by atoms with E-state index >= 15 is 0 Å². The molecule has 2 unspecified atom stereocenters. The van der Waals surface area contributed by atoms with Crippen LogP contribution in [0.4, 0.5) is 0 Å². The number of carboxylic acid groups (broad SMARTS) is 1. The molecule has 0 radical (unpaired) electrons. The zero-order chi connectivity index (χ0) is 16.9. The normalized spacial score (nSPS) is 20.3. The number of rotatable bonds is 5. The molecule has 0 amide bonds. The maximum atomic E-state index is 12.7. The Bertz CT molecular complexity index is 706. The number of benzene rings is 2. The number of ether oxygens (including phenoxy) is 1. The number of carbonyl (C=O) groups is 2. The number of hydrogen-bond acceptors (Lipinski definition) is 3. The monoisotopic (exact) mass is 324 g/mol. The van der Waals surface area contributed by atoms with Gasteiger partial charge in [0.25, 0.3) is 0 Å². The van der Waals surface area contributed by atoms with Crippen molar-refractivity contribution in [2.75, 3.05) is 0 Å². The first-order valence-corrected chi connectivity index (χ1v) is 8.25. The van der Waals surface area contributed by atoms with Crippen molar-refractivity contribution in [2.45, 2.75) is 25.7 Å². The summed E-state index contributed by atoms with van der Waals surface area (Å²) in [6.45, 7) is 0. The summed E-state index contributed by atoms with van der Waals surface area (Å²) in [4.78, 5) is 24.1. The van der Waals surface area contributed by atoms with E-state index in [9.17, 15) is 14.7 Å². The van der Waals surface area contributed by atoms with Crippen molar-refractivity contribution in [3.63, 3.8) is 0 Å². The molecule has 1 saturated carbocycles. The van der Waals surface area contributed by atoms with Gasteiger partial charge in [-0.15, -0.1) is 0 Å². The van der Waals surface area contributed by atoms with Gasteiger partial charge in [-0.05, 0) is 49.2 Å². The van der Waals surface area contributed by atoms with Gasteiger partial charge in [0.15, 0.2) is 5.78 Å². The SMILES string of the molecule is O=C(O)C1CCCCC1C(=O)c1ccc(Oc2ccccc2)cc1. The van der Waals surface area contributed by atoms with E-state index in [0.717, 1.165) is 18.6 Å². The molecule has 4 heteroatoms. The lowest BCUT2D eigenvalue weighted by atomic mass is 9.75. The summed E-state index contributed by atoms with van der Waals surface area (Å²) in [5.74, 6) is -0.542. The van der Waals surface area contributed by atoms with Crippen LogP contribution in [0.3, 0.4) is 0 Å². The Hall–Kier alpha value is -2.62. The van der Waals surface area contributed by atoms with Gasteiger partial charge in [0.1, 0.15) is 11.5 Å². The fraction of sp³-hybridized carbons (Fsp3) is 0.300. The number of aliphatic carboxylic acids is 1. The minimum Gasteiger partial charge on any atom is -0.481 e. The Morgan fingerprint density at radius 2 is 1.42 bits per heavy atom. The fourth-order valence-corrected chi connectivity index (χ4v) is 3.27. The van der Waals surface area contributed by atoms with E-state index in [0.29, 0.717) is 24.2 Å². The van der Waals surface area contributed by atoms with Crippen molar-refractivity contribution in [2.24, 2.45) is 11.8 Å². The number of hydrogen-bond donors (Lipinski definition) is 1. The van der Waals surface area contributed by atoms with Gasteiger partial charge in [0.2, 0.25) is 0 Å². The van der Waals surface area contributed by atoms with E-state index in [1.807, 2.05) is 30.3 Å². The topological polar surface area (TPSA) is 63.6 Å². The largest absolute Gasteiger partial charge is 0.481 e. The van der Waals surface area contributed by atoms with Gasteiger partial charge in [-0.1, -0.05) is 31.0 Å². The number of Topliss-reactive ketones (excluding diaryl/α,β-unsaturated/α-hetero) is 1. The lowest BCUT2D eigenvalue weighted by Gasteiger charge is -2.27. The molecule has 0 heterocycles. The van der Waals surface area contributed by atoms with Crippen molar-refractivity contribution in [1.29, 1.82) is 0 Å². The average Bonchev–Trinajstić information content (AvgIpc) is 2.62. The second-order valence-corrected chi connectivity index (χ2v) is 6.14. The van der Waals surface area contributed by atoms with Crippen LogP contribution in [0.5, 0.6) is 11.5 Å². The lowest BCUT2D eigenvalue weighted by molar-refractivity contribution is -0.144. The molecular formula is C20H20O4. The number of para-hydroxylation sites is 1. The maximum Gasteiger partial charge on any atom is 0.307 e. The van der Waals surface area contributed by atoms with Crippen molar-refractivity contribution >= 4 is 11.8 Å².